The summed E-state index contributed by atoms with van der Waals surface area (Å²) >= 11 is 6.17. The average Bonchev–Trinajstić information content (AvgIpc) is 3.43. The first-order valence-corrected chi connectivity index (χ1v) is 21.8. The van der Waals surface area contributed by atoms with Gasteiger partial charge in [-0.2, -0.15) is 0 Å². The molecule has 1 amide bonds. The van der Waals surface area contributed by atoms with E-state index in [9.17, 15) is 29.4 Å². The Bertz CT molecular complexity index is 1780. The third-order valence-electron chi connectivity index (χ3n) is 16.8. The van der Waals surface area contributed by atoms with Gasteiger partial charge in [-0.1, -0.05) is 77.8 Å². The highest BCUT2D eigenvalue weighted by atomic mass is 35.5. The third kappa shape index (κ3) is 7.21. The number of aliphatic carboxylic acids is 1. The Morgan fingerprint density at radius 3 is 2.21 bits per heavy atom. The van der Waals surface area contributed by atoms with E-state index in [0.29, 0.717) is 29.8 Å². The van der Waals surface area contributed by atoms with Crippen LogP contribution in [0, 0.1) is 56.2 Å². The highest BCUT2D eigenvalue weighted by Crippen LogP contribution is 2.77. The van der Waals surface area contributed by atoms with Gasteiger partial charge in [0.1, 0.15) is 12.7 Å². The van der Waals surface area contributed by atoms with Gasteiger partial charge in [0.15, 0.2) is 5.78 Å². The lowest BCUT2D eigenvalue weighted by molar-refractivity contribution is -0.235. The minimum Gasteiger partial charge on any atom is -0.481 e. The number of carbonyl (C=O) groups is 4. The van der Waals surface area contributed by atoms with Crippen LogP contribution in [-0.4, -0.2) is 71.2 Å². The van der Waals surface area contributed by atoms with Gasteiger partial charge in [-0.15, -0.1) is 0 Å². The van der Waals surface area contributed by atoms with E-state index in [0.717, 1.165) is 56.1 Å². The number of hydrogen-bond acceptors (Lipinski definition) is 7. The smallest absolute Gasteiger partial charge is 0.309 e. The van der Waals surface area contributed by atoms with Crippen molar-refractivity contribution < 1.29 is 38.9 Å². The van der Waals surface area contributed by atoms with Gasteiger partial charge < -0.3 is 24.6 Å². The first-order chi connectivity index (χ1) is 26.5. The number of Topliss-reactive ketones (excluding diaryl/α,β-unsaturated/α-hetero) is 1. The molecule has 0 saturated heterocycles. The summed E-state index contributed by atoms with van der Waals surface area (Å²) in [5.74, 6) is -0.630. The highest BCUT2D eigenvalue weighted by Gasteiger charge is 2.71. The van der Waals surface area contributed by atoms with Crippen LogP contribution in [0.25, 0.3) is 0 Å². The number of aliphatic hydroxyl groups excluding tert-OH is 1. The van der Waals surface area contributed by atoms with Crippen LogP contribution in [0.3, 0.4) is 0 Å². The zero-order valence-electron chi connectivity index (χ0n) is 36.1. The molecule has 0 radical (unpaired) electrons. The molecule has 9 atom stereocenters. The number of carboxylic acid groups (broad SMARTS) is 1. The standard InChI is InChI=1S/C47H68ClNO8/c1-28(2)39-32(50)23-47(35(51)26-49(37(52)27-56-10)25-29-11-13-30(48)14-12-29)22-21-45(8)31(40(39)47)15-16-34-44(7)19-18-36(57-38(53)24-42(3,4)41(54)55)43(5,6)33(44)17-20-46(34,45)9/h11-14,28,31,33-36,51H,15-27H2,1-10H3,(H,54,55)/t31-,33-,34-,35+,36+,44+,45-,46-,47+/m1/s1. The number of aliphatic hydroxyl groups is 1. The molecule has 1 aromatic rings. The molecule has 4 saturated carbocycles. The van der Waals surface area contributed by atoms with E-state index in [-0.39, 0.29) is 77.3 Å². The van der Waals surface area contributed by atoms with Crippen LogP contribution in [-0.2, 0) is 35.2 Å². The van der Waals surface area contributed by atoms with Gasteiger partial charge in [0.05, 0.1) is 17.9 Å². The number of methoxy groups -OCH3 is 1. The lowest BCUT2D eigenvalue weighted by Crippen LogP contribution is -2.66. The number of allylic oxidation sites excluding steroid dienone is 1. The number of esters is 1. The monoisotopic (exact) mass is 809 g/mol. The van der Waals surface area contributed by atoms with Crippen molar-refractivity contribution in [3.05, 3.63) is 46.0 Å². The number of benzene rings is 1. The fourth-order valence-electron chi connectivity index (χ4n) is 13.6. The second-order valence-electron chi connectivity index (χ2n) is 20.9. The van der Waals surface area contributed by atoms with Crippen molar-refractivity contribution in [1.29, 1.82) is 0 Å². The second kappa shape index (κ2) is 15.4. The van der Waals surface area contributed by atoms with Crippen LogP contribution in [0.1, 0.15) is 132 Å². The molecule has 57 heavy (non-hydrogen) atoms. The quantitative estimate of drug-likeness (QED) is 0.200. The van der Waals surface area contributed by atoms with Crippen molar-refractivity contribution in [2.24, 2.45) is 56.2 Å². The largest absolute Gasteiger partial charge is 0.481 e. The van der Waals surface area contributed by atoms with Crippen LogP contribution in [0.2, 0.25) is 5.02 Å². The number of halogens is 1. The molecule has 6 rings (SSSR count). The molecule has 5 aliphatic carbocycles. The normalized spacial score (nSPS) is 35.1. The van der Waals surface area contributed by atoms with Gasteiger partial charge in [0, 0.05) is 42.5 Å². The lowest BCUT2D eigenvalue weighted by atomic mass is 9.33. The molecule has 0 heterocycles. The topological polar surface area (TPSA) is 130 Å². The van der Waals surface area contributed by atoms with E-state index in [1.165, 1.54) is 12.7 Å². The van der Waals surface area contributed by atoms with E-state index in [1.807, 2.05) is 12.1 Å². The van der Waals surface area contributed by atoms with Crippen molar-refractivity contribution in [2.75, 3.05) is 20.3 Å². The average molecular weight is 811 g/mol. The molecule has 1 aromatic carbocycles. The Hall–Kier alpha value is -2.75. The highest BCUT2D eigenvalue weighted by molar-refractivity contribution is 6.30. The number of ether oxygens (including phenoxy) is 2. The second-order valence-corrected chi connectivity index (χ2v) is 21.3. The molecule has 0 bridgehead atoms. The SMILES string of the molecule is COCC(=O)N(Cc1ccc(Cl)cc1)C[C@H](O)[C@@]12CC[C@]3(C)[C@H](CC[C@@H]4[C@@]5(C)CC[C@H](OC(=O)CC(C)(C)C(=O)O)C(C)(C)[C@H]5CC[C@]43C)C1=C(C(C)C)C(=O)C2. The van der Waals surface area contributed by atoms with Gasteiger partial charge in [0.25, 0.3) is 0 Å². The van der Waals surface area contributed by atoms with Crippen LogP contribution < -0.4 is 0 Å². The van der Waals surface area contributed by atoms with Gasteiger partial charge in [-0.3, -0.25) is 19.2 Å². The molecule has 0 aliphatic heterocycles. The van der Waals surface area contributed by atoms with Crippen molar-refractivity contribution >= 4 is 35.2 Å². The molecule has 2 N–H and O–H groups in total. The maximum Gasteiger partial charge on any atom is 0.309 e. The molecule has 4 fully saturated rings. The number of fused-ring (bicyclic) bond motifs is 7. The van der Waals surface area contributed by atoms with E-state index in [4.69, 9.17) is 21.1 Å². The van der Waals surface area contributed by atoms with E-state index in [2.05, 4.69) is 48.5 Å². The number of rotatable bonds is 12. The van der Waals surface area contributed by atoms with Crippen LogP contribution >= 0.6 is 11.6 Å². The summed E-state index contributed by atoms with van der Waals surface area (Å²) in [5, 5.41) is 22.8. The van der Waals surface area contributed by atoms with Gasteiger partial charge in [-0.05, 0) is 128 Å². The minimum atomic E-state index is -1.19. The number of hydrogen-bond donors (Lipinski definition) is 2. The molecule has 0 unspecified atom stereocenters. The summed E-state index contributed by atoms with van der Waals surface area (Å²) < 4.78 is 11.4. The summed E-state index contributed by atoms with van der Waals surface area (Å²) in [7, 11) is 1.50. The molecular weight excluding hydrogens is 742 g/mol. The van der Waals surface area contributed by atoms with Gasteiger partial charge >= 0.3 is 11.9 Å². The number of amides is 1. The number of carboxylic acids is 1. The van der Waals surface area contributed by atoms with Crippen molar-refractivity contribution in [3.8, 4) is 0 Å². The Morgan fingerprint density at radius 2 is 1.60 bits per heavy atom. The van der Waals surface area contributed by atoms with Crippen molar-refractivity contribution in [1.82, 2.24) is 4.90 Å². The fraction of sp³-hybridized carbons (Fsp3) is 0.745. The molecule has 10 heteroatoms. The lowest BCUT2D eigenvalue weighted by Gasteiger charge is -2.72. The predicted molar refractivity (Wildman–Crippen MR) is 220 cm³/mol. The summed E-state index contributed by atoms with van der Waals surface area (Å²) in [4.78, 5) is 54.4. The van der Waals surface area contributed by atoms with E-state index in [1.54, 1.807) is 30.9 Å². The van der Waals surface area contributed by atoms with E-state index < -0.39 is 28.9 Å². The molecule has 0 aromatic heterocycles. The number of carbonyl (C=O) groups excluding carboxylic acids is 3. The maximum absolute atomic E-state index is 14.3. The maximum atomic E-state index is 14.3. The summed E-state index contributed by atoms with van der Waals surface area (Å²) in [6, 6.07) is 7.39. The van der Waals surface area contributed by atoms with Crippen molar-refractivity contribution in [3.63, 3.8) is 0 Å². The minimum absolute atomic E-state index is 0.00635. The summed E-state index contributed by atoms with van der Waals surface area (Å²) in [6.07, 6.45) is 6.13. The van der Waals surface area contributed by atoms with Crippen LogP contribution in [0.4, 0.5) is 0 Å². The zero-order chi connectivity index (χ0) is 42.1. The zero-order valence-corrected chi connectivity index (χ0v) is 36.9. The Balaban J connectivity index is 1.30. The van der Waals surface area contributed by atoms with Gasteiger partial charge in [-0.25, -0.2) is 0 Å². The first kappa shape index (κ1) is 43.8. The first-order valence-electron chi connectivity index (χ1n) is 21.4. The molecule has 5 aliphatic rings. The summed E-state index contributed by atoms with van der Waals surface area (Å²) in [6.45, 7) is 19.6. The van der Waals surface area contributed by atoms with Crippen LogP contribution in [0.15, 0.2) is 35.4 Å². The number of nitrogens with zero attached hydrogens (tertiary/aromatic N) is 1. The Labute approximate surface area is 345 Å². The fourth-order valence-corrected chi connectivity index (χ4v) is 13.7. The molecule has 9 nitrogen and oxygen atoms in total. The number of ketones is 1. The van der Waals surface area contributed by atoms with Crippen LogP contribution in [0.5, 0.6) is 0 Å². The van der Waals surface area contributed by atoms with Crippen molar-refractivity contribution in [2.45, 2.75) is 145 Å². The molecule has 316 valence electrons. The Morgan fingerprint density at radius 1 is 0.930 bits per heavy atom. The molecular formula is C47H68ClNO8. The summed E-state index contributed by atoms with van der Waals surface area (Å²) in [5.41, 5.74) is 0.615. The van der Waals surface area contributed by atoms with E-state index >= 15 is 0 Å². The third-order valence-corrected chi connectivity index (χ3v) is 17.1. The molecule has 0 spiro atoms. The Kier molecular flexibility index (Phi) is 11.8. The van der Waals surface area contributed by atoms with Gasteiger partial charge in [0.2, 0.25) is 5.91 Å². The predicted octanol–water partition coefficient (Wildman–Crippen LogP) is 9.07.